The Bertz CT molecular complexity index is 2920. The number of para-hydroxylation sites is 4. The Morgan fingerprint density at radius 3 is 1.65 bits per heavy atom. The number of rotatable bonds is 5. The van der Waals surface area contributed by atoms with Crippen molar-refractivity contribution in [1.82, 2.24) is 9.13 Å². The molecule has 0 fully saturated rings. The number of fused-ring (bicyclic) bond motifs is 6. The average molecular weight is 650 g/mol. The molecule has 9 rings (SSSR count). The summed E-state index contributed by atoms with van der Waals surface area (Å²) in [7, 11) is 0. The Morgan fingerprint density at radius 1 is 0.431 bits per heavy atom. The smallest absolute Gasteiger partial charge is 0.101 e. The molecule has 236 valence electrons. The molecule has 7 aromatic carbocycles. The van der Waals surface area contributed by atoms with Crippen molar-refractivity contribution < 1.29 is 0 Å². The van der Waals surface area contributed by atoms with Crippen molar-refractivity contribution in [3.8, 4) is 40.7 Å². The molecule has 0 saturated heterocycles. The van der Waals surface area contributed by atoms with E-state index in [1.54, 1.807) is 0 Å². The van der Waals surface area contributed by atoms with Gasteiger partial charge < -0.3 is 9.13 Å². The van der Waals surface area contributed by atoms with Gasteiger partial charge in [0, 0.05) is 32.8 Å². The second-order valence-corrected chi connectivity index (χ2v) is 12.7. The van der Waals surface area contributed by atoms with Crippen molar-refractivity contribution in [1.29, 1.82) is 15.8 Å². The van der Waals surface area contributed by atoms with Gasteiger partial charge in [0.2, 0.25) is 0 Å². The Labute approximate surface area is 294 Å². The lowest BCUT2D eigenvalue weighted by molar-refractivity contribution is 1.14. The average Bonchev–Trinajstić information content (AvgIpc) is 3.70. The molecule has 0 unspecified atom stereocenters. The van der Waals surface area contributed by atoms with E-state index in [0.717, 1.165) is 77.2 Å². The van der Waals surface area contributed by atoms with Crippen LogP contribution in [0.15, 0.2) is 152 Å². The molecule has 5 nitrogen and oxygen atoms in total. The molecule has 0 bridgehead atoms. The third kappa shape index (κ3) is 4.75. The molecule has 0 aliphatic carbocycles. The molecule has 2 heterocycles. The van der Waals surface area contributed by atoms with Crippen LogP contribution in [0.3, 0.4) is 0 Å². The van der Waals surface area contributed by atoms with E-state index in [0.29, 0.717) is 23.1 Å². The molecular formula is C46H27N5. The number of nitrogens with zero attached hydrogens (tertiary/aromatic N) is 5. The summed E-state index contributed by atoms with van der Waals surface area (Å²) >= 11 is 0. The van der Waals surface area contributed by atoms with Gasteiger partial charge >= 0.3 is 0 Å². The first-order valence-electron chi connectivity index (χ1n) is 16.7. The molecule has 9 aromatic rings. The SMILES string of the molecule is N#Cc1ccc(-c2cccc(C#N)c2-n2c3ccccc3c3ccccc32)c(Cc2ccc(-n3c4ccccc4c4cc(C#N)ccc43)cc2)c1. The minimum absolute atomic E-state index is 0.576. The number of nitriles is 3. The second kappa shape index (κ2) is 11.9. The van der Waals surface area contributed by atoms with Gasteiger partial charge in [0.15, 0.2) is 0 Å². The lowest BCUT2D eigenvalue weighted by atomic mass is 9.91. The predicted octanol–water partition coefficient (Wildman–Crippen LogP) is 10.8. The van der Waals surface area contributed by atoms with Crippen LogP contribution in [0.4, 0.5) is 0 Å². The quantitative estimate of drug-likeness (QED) is 0.186. The fraction of sp³-hybridized carbons (Fsp3) is 0.0217. The Hall–Kier alpha value is -7.39. The zero-order valence-electron chi connectivity index (χ0n) is 27.4. The first-order valence-corrected chi connectivity index (χ1v) is 16.7. The summed E-state index contributed by atoms with van der Waals surface area (Å²) < 4.78 is 4.45. The first kappa shape index (κ1) is 29.7. The predicted molar refractivity (Wildman–Crippen MR) is 204 cm³/mol. The molecule has 5 heteroatoms. The molecule has 0 aliphatic rings. The highest BCUT2D eigenvalue weighted by Gasteiger charge is 2.21. The van der Waals surface area contributed by atoms with Crippen molar-refractivity contribution in [3.05, 3.63) is 179 Å². The van der Waals surface area contributed by atoms with Crippen LogP contribution in [0.2, 0.25) is 0 Å². The summed E-state index contributed by atoms with van der Waals surface area (Å²) in [4.78, 5) is 0. The molecule has 51 heavy (non-hydrogen) atoms. The highest BCUT2D eigenvalue weighted by atomic mass is 15.0. The molecule has 0 atom stereocenters. The molecule has 2 aromatic heterocycles. The van der Waals surface area contributed by atoms with Gasteiger partial charge in [-0.25, -0.2) is 0 Å². The molecule has 0 radical (unpaired) electrons. The number of benzene rings is 7. The van der Waals surface area contributed by atoms with Gasteiger partial charge in [0.05, 0.1) is 56.6 Å². The molecule has 0 aliphatic heterocycles. The van der Waals surface area contributed by atoms with E-state index < -0.39 is 0 Å². The van der Waals surface area contributed by atoms with Crippen molar-refractivity contribution in [2.75, 3.05) is 0 Å². The van der Waals surface area contributed by atoms with E-state index in [-0.39, 0.29) is 0 Å². The lowest BCUT2D eigenvalue weighted by Crippen LogP contribution is -2.03. The topological polar surface area (TPSA) is 81.2 Å². The molecule has 0 N–H and O–H groups in total. The Kier molecular flexibility index (Phi) is 6.96. The van der Waals surface area contributed by atoms with Crippen LogP contribution in [-0.2, 0) is 6.42 Å². The minimum Gasteiger partial charge on any atom is -0.309 e. The first-order chi connectivity index (χ1) is 25.2. The van der Waals surface area contributed by atoms with Crippen LogP contribution in [0.1, 0.15) is 27.8 Å². The minimum atomic E-state index is 0.576. The van der Waals surface area contributed by atoms with Gasteiger partial charge in [-0.15, -0.1) is 0 Å². The molecule has 0 amide bonds. The van der Waals surface area contributed by atoms with Gasteiger partial charge in [-0.3, -0.25) is 0 Å². The summed E-state index contributed by atoms with van der Waals surface area (Å²) in [6.07, 6.45) is 0.591. The maximum Gasteiger partial charge on any atom is 0.101 e. The van der Waals surface area contributed by atoms with Crippen molar-refractivity contribution in [3.63, 3.8) is 0 Å². The van der Waals surface area contributed by atoms with Crippen LogP contribution >= 0.6 is 0 Å². The maximum atomic E-state index is 10.5. The van der Waals surface area contributed by atoms with E-state index in [9.17, 15) is 15.8 Å². The van der Waals surface area contributed by atoms with E-state index >= 15 is 0 Å². The summed E-state index contributed by atoms with van der Waals surface area (Å²) in [5.74, 6) is 0. The standard InChI is InChI=1S/C46H27N5/c47-27-31-18-22-36(40-12-7-8-33(29-49)46(40)51-43-14-5-1-9-37(43)38-10-2-6-15-44(38)51)34(25-31)24-30-16-20-35(21-17-30)50-42-13-4-3-11-39(42)41-26-32(28-48)19-23-45(41)50/h1-23,25-26H,24H2. The van der Waals surface area contributed by atoms with Gasteiger partial charge in [-0.2, -0.15) is 15.8 Å². The van der Waals surface area contributed by atoms with E-state index in [2.05, 4.69) is 94.1 Å². The van der Waals surface area contributed by atoms with Gasteiger partial charge in [0.1, 0.15) is 6.07 Å². The summed E-state index contributed by atoms with van der Waals surface area (Å²) in [5, 5.41) is 34.4. The fourth-order valence-electron chi connectivity index (χ4n) is 7.63. The van der Waals surface area contributed by atoms with Crippen molar-refractivity contribution in [2.45, 2.75) is 6.42 Å². The molecular weight excluding hydrogens is 623 g/mol. The maximum absolute atomic E-state index is 10.5. The summed E-state index contributed by atoms with van der Waals surface area (Å²) in [6.45, 7) is 0. The highest BCUT2D eigenvalue weighted by molar-refractivity contribution is 6.11. The van der Waals surface area contributed by atoms with Crippen LogP contribution in [-0.4, -0.2) is 9.13 Å². The third-order valence-corrected chi connectivity index (χ3v) is 9.88. The van der Waals surface area contributed by atoms with Crippen LogP contribution in [0.25, 0.3) is 66.1 Å². The molecule has 0 spiro atoms. The van der Waals surface area contributed by atoms with Crippen LogP contribution < -0.4 is 0 Å². The third-order valence-electron chi connectivity index (χ3n) is 9.88. The summed E-state index contributed by atoms with van der Waals surface area (Å²) in [5.41, 5.74) is 11.8. The largest absolute Gasteiger partial charge is 0.309 e. The number of hydrogen-bond donors (Lipinski definition) is 0. The normalized spacial score (nSPS) is 11.2. The highest BCUT2D eigenvalue weighted by Crippen LogP contribution is 2.39. The van der Waals surface area contributed by atoms with E-state index in [1.165, 1.54) is 0 Å². The van der Waals surface area contributed by atoms with Gasteiger partial charge in [-0.1, -0.05) is 84.9 Å². The van der Waals surface area contributed by atoms with E-state index in [4.69, 9.17) is 0 Å². The van der Waals surface area contributed by atoms with Crippen molar-refractivity contribution >= 4 is 43.6 Å². The monoisotopic (exact) mass is 649 g/mol. The van der Waals surface area contributed by atoms with E-state index in [1.807, 2.05) is 84.9 Å². The lowest BCUT2D eigenvalue weighted by Gasteiger charge is -2.18. The zero-order valence-corrected chi connectivity index (χ0v) is 27.4. The molecule has 0 saturated carbocycles. The van der Waals surface area contributed by atoms with Crippen LogP contribution in [0, 0.1) is 34.0 Å². The summed E-state index contributed by atoms with van der Waals surface area (Å²) in [6, 6.07) is 58.1. The zero-order chi connectivity index (χ0) is 34.5. The van der Waals surface area contributed by atoms with Crippen LogP contribution in [0.5, 0.6) is 0 Å². The fourth-order valence-corrected chi connectivity index (χ4v) is 7.63. The Balaban J connectivity index is 1.18. The number of aromatic nitrogens is 2. The van der Waals surface area contributed by atoms with Crippen molar-refractivity contribution in [2.24, 2.45) is 0 Å². The van der Waals surface area contributed by atoms with Gasteiger partial charge in [-0.05, 0) is 89.8 Å². The second-order valence-electron chi connectivity index (χ2n) is 12.7. The van der Waals surface area contributed by atoms with Gasteiger partial charge in [0.25, 0.3) is 0 Å². The Morgan fingerprint density at radius 2 is 1.00 bits per heavy atom. The number of hydrogen-bond acceptors (Lipinski definition) is 3.